The third-order valence-corrected chi connectivity index (χ3v) is 5.56. The molecule has 0 radical (unpaired) electrons. The van der Waals surface area contributed by atoms with Gasteiger partial charge in [0.05, 0.1) is 5.69 Å². The first-order valence-corrected chi connectivity index (χ1v) is 9.54. The number of aromatic nitrogens is 3. The monoisotopic (exact) mass is 517 g/mol. The highest BCUT2D eigenvalue weighted by molar-refractivity contribution is 14.1. The van der Waals surface area contributed by atoms with Crippen molar-refractivity contribution in [3.8, 4) is 11.4 Å². The van der Waals surface area contributed by atoms with E-state index in [9.17, 15) is 22.0 Å². The molecule has 0 unspecified atom stereocenters. The number of halogens is 6. The van der Waals surface area contributed by atoms with Crippen LogP contribution in [0.4, 0.5) is 22.0 Å². The molecule has 2 aromatic carbocycles. The van der Waals surface area contributed by atoms with Gasteiger partial charge in [-0.05, 0) is 65.4 Å². The zero-order valence-corrected chi connectivity index (χ0v) is 17.0. The fourth-order valence-electron chi connectivity index (χ4n) is 3.12. The van der Waals surface area contributed by atoms with Crippen molar-refractivity contribution in [3.05, 3.63) is 75.9 Å². The van der Waals surface area contributed by atoms with Crippen molar-refractivity contribution in [1.29, 1.82) is 0 Å². The summed E-state index contributed by atoms with van der Waals surface area (Å²) in [5.41, 5.74) is 0.742. The van der Waals surface area contributed by atoms with Gasteiger partial charge in [-0.15, -0.1) is 0 Å². The van der Waals surface area contributed by atoms with Crippen LogP contribution in [-0.4, -0.2) is 20.5 Å². The number of hydrogen-bond acceptors (Lipinski definition) is 1. The van der Waals surface area contributed by atoms with E-state index in [4.69, 9.17) is 0 Å². The second kappa shape index (κ2) is 6.82. The van der Waals surface area contributed by atoms with E-state index in [1.54, 1.807) is 18.2 Å². The third kappa shape index (κ3) is 3.41. The summed E-state index contributed by atoms with van der Waals surface area (Å²) in [7, 11) is 0. The summed E-state index contributed by atoms with van der Waals surface area (Å²) in [5.74, 6) is -5.00. The van der Waals surface area contributed by atoms with Crippen LogP contribution in [0.5, 0.6) is 0 Å². The topological polar surface area (TPSA) is 22.8 Å². The third-order valence-electron chi connectivity index (χ3n) is 4.62. The Labute approximate surface area is 175 Å². The average molecular weight is 517 g/mol. The molecule has 0 saturated carbocycles. The lowest BCUT2D eigenvalue weighted by Crippen LogP contribution is -2.34. The van der Waals surface area contributed by atoms with E-state index in [1.807, 2.05) is 42.1 Å². The molecule has 0 aliphatic rings. The highest BCUT2D eigenvalue weighted by atomic mass is 127. The smallest absolute Gasteiger partial charge is 0.322 e. The molecule has 0 aliphatic carbocycles. The first-order chi connectivity index (χ1) is 13.6. The van der Waals surface area contributed by atoms with Crippen LogP contribution in [0.1, 0.15) is 11.3 Å². The van der Waals surface area contributed by atoms with Gasteiger partial charge < -0.3 is 4.57 Å². The minimum Gasteiger partial charge on any atom is -0.322 e. The van der Waals surface area contributed by atoms with E-state index in [2.05, 4.69) is 27.7 Å². The first-order valence-electron chi connectivity index (χ1n) is 8.46. The zero-order valence-electron chi connectivity index (χ0n) is 14.9. The Hall–Kier alpha value is -2.43. The maximum Gasteiger partial charge on any atom is 0.459 e. The Morgan fingerprint density at radius 1 is 0.966 bits per heavy atom. The summed E-state index contributed by atoms with van der Waals surface area (Å²) in [4.78, 5) is 0. The molecule has 150 valence electrons. The highest BCUT2D eigenvalue weighted by Gasteiger charge is 2.60. The van der Waals surface area contributed by atoms with E-state index in [-0.39, 0.29) is 0 Å². The van der Waals surface area contributed by atoms with Gasteiger partial charge in [0.1, 0.15) is 5.69 Å². The number of benzene rings is 2. The molecule has 3 nitrogen and oxygen atoms in total. The summed E-state index contributed by atoms with van der Waals surface area (Å²) in [5, 5.41) is 5.62. The number of fused-ring (bicyclic) bond motifs is 1. The van der Waals surface area contributed by atoms with Crippen molar-refractivity contribution in [2.45, 2.75) is 19.0 Å². The van der Waals surface area contributed by atoms with Gasteiger partial charge in [0.2, 0.25) is 0 Å². The van der Waals surface area contributed by atoms with Gasteiger partial charge in [-0.1, -0.05) is 12.1 Å². The van der Waals surface area contributed by atoms with Gasteiger partial charge >= 0.3 is 12.1 Å². The van der Waals surface area contributed by atoms with Crippen LogP contribution in [0.25, 0.3) is 22.1 Å². The largest absolute Gasteiger partial charge is 0.459 e. The van der Waals surface area contributed by atoms with Gasteiger partial charge in [-0.2, -0.15) is 27.1 Å². The summed E-state index contributed by atoms with van der Waals surface area (Å²) in [6.45, 7) is 1.84. The molecule has 0 atom stereocenters. The maximum absolute atomic E-state index is 13.5. The van der Waals surface area contributed by atoms with E-state index in [0.29, 0.717) is 11.8 Å². The minimum atomic E-state index is -5.69. The van der Waals surface area contributed by atoms with Crippen molar-refractivity contribution in [1.82, 2.24) is 14.3 Å². The van der Waals surface area contributed by atoms with E-state index in [0.717, 1.165) is 36.5 Å². The Morgan fingerprint density at radius 2 is 1.72 bits per heavy atom. The van der Waals surface area contributed by atoms with Gasteiger partial charge in [0.15, 0.2) is 0 Å². The number of nitrogens with zero attached hydrogens (tertiary/aromatic N) is 3. The molecular weight excluding hydrogens is 504 g/mol. The minimum absolute atomic E-state index is 0.391. The fraction of sp³-hybridized carbons (Fsp3) is 0.150. The number of aryl methyl sites for hydroxylation is 1. The average Bonchev–Trinajstić information content (AvgIpc) is 3.29. The van der Waals surface area contributed by atoms with Crippen LogP contribution in [-0.2, 0) is 5.92 Å². The summed E-state index contributed by atoms with van der Waals surface area (Å²) in [6.07, 6.45) is -0.625. The standard InChI is InChI=1S/C20H13F5IN3/c1-12-9-14(29-8-7-18(27-29)19(21,22)20(23,24)25)5-6-17(12)28-10-13-3-2-4-16(26)15(13)11-28/h2-11H,1H3. The SMILES string of the molecule is Cc1cc(-n2ccc(C(F)(F)C(F)(F)F)n2)ccc1-n1cc2cccc(I)c2c1. The Balaban J connectivity index is 1.70. The molecule has 9 heteroatoms. The number of rotatable bonds is 3. The number of alkyl halides is 5. The molecule has 0 spiro atoms. The predicted octanol–water partition coefficient (Wildman–Crippen LogP) is 6.38. The molecule has 4 aromatic rings. The summed E-state index contributed by atoms with van der Waals surface area (Å²) < 4.78 is 68.7. The van der Waals surface area contributed by atoms with Crippen LogP contribution in [0, 0.1) is 10.5 Å². The van der Waals surface area contributed by atoms with Crippen LogP contribution < -0.4 is 0 Å². The molecule has 0 N–H and O–H groups in total. The van der Waals surface area contributed by atoms with Crippen molar-refractivity contribution in [3.63, 3.8) is 0 Å². The molecule has 0 bridgehead atoms. The Bertz CT molecular complexity index is 1210. The first kappa shape index (κ1) is 19.9. The molecule has 2 aromatic heterocycles. The quantitative estimate of drug-likeness (QED) is 0.229. The van der Waals surface area contributed by atoms with Gasteiger partial charge in [0.25, 0.3) is 0 Å². The normalized spacial score (nSPS) is 12.7. The molecule has 29 heavy (non-hydrogen) atoms. The van der Waals surface area contributed by atoms with Crippen molar-refractivity contribution in [2.75, 3.05) is 0 Å². The van der Waals surface area contributed by atoms with Crippen LogP contribution >= 0.6 is 22.6 Å². The molecule has 4 rings (SSSR count). The second-order valence-corrected chi connectivity index (χ2v) is 7.76. The van der Waals surface area contributed by atoms with Gasteiger partial charge in [-0.25, -0.2) is 4.68 Å². The lowest BCUT2D eigenvalue weighted by atomic mass is 10.2. The molecule has 0 saturated heterocycles. The number of hydrogen-bond donors (Lipinski definition) is 0. The van der Waals surface area contributed by atoms with E-state index < -0.39 is 17.8 Å². The summed E-state index contributed by atoms with van der Waals surface area (Å²) in [6, 6.07) is 11.8. The zero-order chi connectivity index (χ0) is 21.0. The van der Waals surface area contributed by atoms with Crippen molar-refractivity contribution < 1.29 is 22.0 Å². The van der Waals surface area contributed by atoms with Gasteiger partial charge in [0, 0.05) is 38.6 Å². The molecular formula is C20H13F5IN3. The van der Waals surface area contributed by atoms with Gasteiger partial charge in [-0.3, -0.25) is 0 Å². The van der Waals surface area contributed by atoms with E-state index >= 15 is 0 Å². The van der Waals surface area contributed by atoms with Crippen LogP contribution in [0.2, 0.25) is 0 Å². The Morgan fingerprint density at radius 3 is 2.38 bits per heavy atom. The van der Waals surface area contributed by atoms with Crippen molar-refractivity contribution >= 4 is 33.4 Å². The molecule has 0 amide bonds. The van der Waals surface area contributed by atoms with Crippen LogP contribution in [0.3, 0.4) is 0 Å². The summed E-state index contributed by atoms with van der Waals surface area (Å²) >= 11 is 2.26. The van der Waals surface area contributed by atoms with E-state index in [1.165, 1.54) is 0 Å². The predicted molar refractivity (Wildman–Crippen MR) is 108 cm³/mol. The highest BCUT2D eigenvalue weighted by Crippen LogP contribution is 2.43. The second-order valence-electron chi connectivity index (χ2n) is 6.60. The molecule has 2 heterocycles. The van der Waals surface area contributed by atoms with Crippen LogP contribution in [0.15, 0.2) is 61.1 Å². The molecule has 0 fully saturated rings. The maximum atomic E-state index is 13.5. The lowest BCUT2D eigenvalue weighted by molar-refractivity contribution is -0.291. The van der Waals surface area contributed by atoms with Crippen molar-refractivity contribution in [2.24, 2.45) is 0 Å². The fourth-order valence-corrected chi connectivity index (χ4v) is 3.78. The molecule has 0 aliphatic heterocycles. The Kier molecular flexibility index (Phi) is 4.67. The lowest BCUT2D eigenvalue weighted by Gasteiger charge is -2.17.